The Morgan fingerprint density at radius 3 is 2.08 bits per heavy atom. The van der Waals surface area contributed by atoms with Gasteiger partial charge in [0, 0.05) is 17.1 Å². The molecule has 1 heteroatoms. The van der Waals surface area contributed by atoms with Crippen molar-refractivity contribution in [1.29, 1.82) is 0 Å². The van der Waals surface area contributed by atoms with Crippen molar-refractivity contribution in [2.75, 3.05) is 4.90 Å². The van der Waals surface area contributed by atoms with Crippen molar-refractivity contribution in [2.24, 2.45) is 0 Å². The molecule has 0 saturated carbocycles. The van der Waals surface area contributed by atoms with Crippen molar-refractivity contribution < 1.29 is 0 Å². The van der Waals surface area contributed by atoms with Crippen LogP contribution in [-0.4, -0.2) is 0 Å². The number of para-hydroxylation sites is 1. The minimum atomic E-state index is 1.15. The van der Waals surface area contributed by atoms with Crippen LogP contribution in [0.5, 0.6) is 0 Å². The second kappa shape index (κ2) is 8.16. The number of anilines is 3. The molecule has 1 nitrogen and oxygen atoms in total. The summed E-state index contributed by atoms with van der Waals surface area (Å²) < 4.78 is 0. The average molecular weight is 325 g/mol. The van der Waals surface area contributed by atoms with Gasteiger partial charge in [0.05, 0.1) is 0 Å². The lowest BCUT2D eigenvalue weighted by Crippen LogP contribution is -2.09. The van der Waals surface area contributed by atoms with Gasteiger partial charge in [0.1, 0.15) is 0 Å². The van der Waals surface area contributed by atoms with E-state index in [0.29, 0.717) is 0 Å². The Morgan fingerprint density at radius 1 is 0.680 bits per heavy atom. The van der Waals surface area contributed by atoms with Gasteiger partial charge in [-0.3, -0.25) is 0 Å². The van der Waals surface area contributed by atoms with Gasteiger partial charge < -0.3 is 4.90 Å². The first-order valence-corrected chi connectivity index (χ1v) is 8.59. The van der Waals surface area contributed by atoms with Gasteiger partial charge in [0.15, 0.2) is 0 Å². The number of hydrogen-bond acceptors (Lipinski definition) is 1. The zero-order valence-corrected chi connectivity index (χ0v) is 14.8. The van der Waals surface area contributed by atoms with Crippen LogP contribution in [0.2, 0.25) is 0 Å². The third kappa shape index (κ3) is 4.27. The summed E-state index contributed by atoms with van der Waals surface area (Å²) in [4.78, 5) is 2.28. The third-order valence-corrected chi connectivity index (χ3v) is 4.03. The fraction of sp³-hybridized carbons (Fsp3) is 0.0833. The lowest BCUT2D eigenvalue weighted by atomic mass is 10.1. The maximum Gasteiger partial charge on any atom is 0.0467 e. The molecule has 3 aromatic rings. The zero-order chi connectivity index (χ0) is 17.5. The fourth-order valence-electron chi connectivity index (χ4n) is 2.76. The molecule has 0 atom stereocenters. The molecule has 0 bridgehead atoms. The molecule has 0 aromatic heterocycles. The molecule has 3 aromatic carbocycles. The number of rotatable bonds is 5. The molecular formula is C24H23N. The van der Waals surface area contributed by atoms with Gasteiger partial charge in [-0.15, -0.1) is 0 Å². The Balaban J connectivity index is 2.06. The summed E-state index contributed by atoms with van der Waals surface area (Å²) in [5.41, 5.74) is 5.91. The minimum absolute atomic E-state index is 1.15. The zero-order valence-electron chi connectivity index (χ0n) is 14.8. The second-order valence-electron chi connectivity index (χ2n) is 5.99. The lowest BCUT2D eigenvalue weighted by Gasteiger charge is -2.25. The summed E-state index contributed by atoms with van der Waals surface area (Å²) in [7, 11) is 0. The molecule has 0 aliphatic carbocycles. The normalized spacial score (nSPS) is 11.3. The van der Waals surface area contributed by atoms with Crippen LogP contribution in [0.25, 0.3) is 6.08 Å². The molecular weight excluding hydrogens is 302 g/mol. The van der Waals surface area contributed by atoms with Crippen LogP contribution in [0.3, 0.4) is 0 Å². The van der Waals surface area contributed by atoms with Gasteiger partial charge in [-0.1, -0.05) is 72.3 Å². The Bertz CT molecular complexity index is 858. The maximum absolute atomic E-state index is 2.28. The van der Waals surface area contributed by atoms with Crippen molar-refractivity contribution in [1.82, 2.24) is 0 Å². The van der Waals surface area contributed by atoms with Gasteiger partial charge in [-0.2, -0.15) is 0 Å². The smallest absolute Gasteiger partial charge is 0.0467 e. The summed E-state index contributed by atoms with van der Waals surface area (Å²) in [6.45, 7) is 4.14. The highest BCUT2D eigenvalue weighted by Gasteiger charge is 2.11. The second-order valence-corrected chi connectivity index (χ2v) is 5.99. The Hall–Kier alpha value is -3.06. The monoisotopic (exact) mass is 325 g/mol. The number of aryl methyl sites for hydroxylation is 1. The van der Waals surface area contributed by atoms with E-state index in [0.717, 1.165) is 17.1 Å². The van der Waals surface area contributed by atoms with Crippen LogP contribution in [-0.2, 0) is 0 Å². The summed E-state index contributed by atoms with van der Waals surface area (Å²) in [5, 5.41) is 0. The van der Waals surface area contributed by atoms with Crippen LogP contribution >= 0.6 is 0 Å². The van der Waals surface area contributed by atoms with E-state index in [1.165, 1.54) is 11.1 Å². The van der Waals surface area contributed by atoms with E-state index in [1.807, 2.05) is 25.1 Å². The van der Waals surface area contributed by atoms with Crippen LogP contribution < -0.4 is 4.90 Å². The topological polar surface area (TPSA) is 3.24 Å². The SMILES string of the molecule is C/C=C/C=C/c1cccc(N(c2ccccc2)c2ccc(C)cc2)c1. The molecule has 0 unspecified atom stereocenters. The first kappa shape index (κ1) is 16.8. The fourth-order valence-corrected chi connectivity index (χ4v) is 2.76. The molecule has 0 fully saturated rings. The lowest BCUT2D eigenvalue weighted by molar-refractivity contribution is 1.27. The molecule has 0 saturated heterocycles. The molecule has 3 rings (SSSR count). The summed E-state index contributed by atoms with van der Waals surface area (Å²) in [5.74, 6) is 0. The molecule has 0 heterocycles. The van der Waals surface area contributed by atoms with Crippen molar-refractivity contribution in [3.8, 4) is 0 Å². The van der Waals surface area contributed by atoms with Crippen molar-refractivity contribution in [3.05, 3.63) is 108 Å². The summed E-state index contributed by atoms with van der Waals surface area (Å²) >= 11 is 0. The van der Waals surface area contributed by atoms with Gasteiger partial charge >= 0.3 is 0 Å². The number of allylic oxidation sites excluding steroid dienone is 3. The van der Waals surface area contributed by atoms with E-state index in [4.69, 9.17) is 0 Å². The minimum Gasteiger partial charge on any atom is -0.310 e. The highest BCUT2D eigenvalue weighted by atomic mass is 15.1. The molecule has 124 valence electrons. The molecule has 0 radical (unpaired) electrons. The predicted octanol–water partition coefficient (Wildman–Crippen LogP) is 7.05. The van der Waals surface area contributed by atoms with Crippen LogP contribution in [0.15, 0.2) is 97.1 Å². The number of hydrogen-bond donors (Lipinski definition) is 0. The molecule has 0 aliphatic rings. The molecule has 25 heavy (non-hydrogen) atoms. The maximum atomic E-state index is 2.28. The highest BCUT2D eigenvalue weighted by Crippen LogP contribution is 2.34. The average Bonchev–Trinajstić information content (AvgIpc) is 2.65. The van der Waals surface area contributed by atoms with E-state index < -0.39 is 0 Å². The van der Waals surface area contributed by atoms with Crippen molar-refractivity contribution in [2.45, 2.75) is 13.8 Å². The highest BCUT2D eigenvalue weighted by molar-refractivity contribution is 5.77. The van der Waals surface area contributed by atoms with Crippen molar-refractivity contribution >= 4 is 23.1 Å². The van der Waals surface area contributed by atoms with Crippen LogP contribution in [0, 0.1) is 6.92 Å². The molecule has 0 aliphatic heterocycles. The van der Waals surface area contributed by atoms with Crippen LogP contribution in [0.4, 0.5) is 17.1 Å². The number of benzene rings is 3. The van der Waals surface area contributed by atoms with Gasteiger partial charge in [-0.05, 0) is 55.8 Å². The van der Waals surface area contributed by atoms with E-state index in [9.17, 15) is 0 Å². The summed E-state index contributed by atoms with van der Waals surface area (Å²) in [6, 6.07) is 27.7. The Labute approximate surface area is 150 Å². The van der Waals surface area contributed by atoms with Crippen molar-refractivity contribution in [3.63, 3.8) is 0 Å². The first-order valence-electron chi connectivity index (χ1n) is 8.59. The standard InChI is InChI=1S/C24H23N/c1-3-4-6-10-21-11-9-14-24(19-21)25(22-12-7-5-8-13-22)23-17-15-20(2)16-18-23/h3-19H,1-2H3/b4-3+,10-6+. The van der Waals surface area contributed by atoms with Gasteiger partial charge in [0.25, 0.3) is 0 Å². The van der Waals surface area contributed by atoms with E-state index in [2.05, 4.69) is 96.8 Å². The van der Waals surface area contributed by atoms with Gasteiger partial charge in [-0.25, -0.2) is 0 Å². The third-order valence-electron chi connectivity index (χ3n) is 4.03. The van der Waals surface area contributed by atoms with Gasteiger partial charge in [0.2, 0.25) is 0 Å². The van der Waals surface area contributed by atoms with E-state index in [-0.39, 0.29) is 0 Å². The molecule has 0 N–H and O–H groups in total. The predicted molar refractivity (Wildman–Crippen MR) is 110 cm³/mol. The van der Waals surface area contributed by atoms with E-state index in [1.54, 1.807) is 0 Å². The molecule has 0 spiro atoms. The molecule has 0 amide bonds. The van der Waals surface area contributed by atoms with Crippen LogP contribution in [0.1, 0.15) is 18.1 Å². The Morgan fingerprint density at radius 2 is 1.36 bits per heavy atom. The Kier molecular flexibility index (Phi) is 5.48. The summed E-state index contributed by atoms with van der Waals surface area (Å²) in [6.07, 6.45) is 8.27. The quantitative estimate of drug-likeness (QED) is 0.454. The first-order chi connectivity index (χ1) is 12.3. The number of nitrogens with zero attached hydrogens (tertiary/aromatic N) is 1. The largest absolute Gasteiger partial charge is 0.310 e. The van der Waals surface area contributed by atoms with E-state index >= 15 is 0 Å².